The minimum absolute atomic E-state index is 0.181. The van der Waals surface area contributed by atoms with Crippen LogP contribution >= 0.6 is 11.8 Å². The van der Waals surface area contributed by atoms with Crippen molar-refractivity contribution in [2.75, 3.05) is 26.8 Å². The summed E-state index contributed by atoms with van der Waals surface area (Å²) in [7, 11) is 1.80. The third-order valence-electron chi connectivity index (χ3n) is 3.37. The fourth-order valence-electron chi connectivity index (χ4n) is 2.18. The van der Waals surface area contributed by atoms with Crippen molar-refractivity contribution in [2.24, 2.45) is 0 Å². The van der Waals surface area contributed by atoms with Crippen LogP contribution in [0.2, 0.25) is 0 Å². The van der Waals surface area contributed by atoms with E-state index < -0.39 is 0 Å². The molecule has 0 saturated heterocycles. The van der Waals surface area contributed by atoms with E-state index in [2.05, 4.69) is 18.3 Å². The van der Waals surface area contributed by atoms with E-state index in [1.54, 1.807) is 30.9 Å². The molecule has 0 bridgehead atoms. The van der Waals surface area contributed by atoms with Crippen LogP contribution < -0.4 is 10.1 Å². The van der Waals surface area contributed by atoms with E-state index in [9.17, 15) is 4.39 Å². The molecule has 2 rings (SSSR count). The normalized spacial score (nSPS) is 11.4. The van der Waals surface area contributed by atoms with Crippen LogP contribution in [0, 0.1) is 5.82 Å². The molecule has 1 unspecified atom stereocenters. The number of aliphatic hydroxyl groups excluding tert-OH is 1. The van der Waals surface area contributed by atoms with Crippen molar-refractivity contribution in [1.29, 1.82) is 0 Å². The largest absolute Gasteiger partial charge is 0.493 e. The summed E-state index contributed by atoms with van der Waals surface area (Å²) in [6.45, 7) is 5.67. The van der Waals surface area contributed by atoms with Gasteiger partial charge in [-0.3, -0.25) is 0 Å². The van der Waals surface area contributed by atoms with Gasteiger partial charge in [-0.25, -0.2) is 4.39 Å². The summed E-state index contributed by atoms with van der Waals surface area (Å²) in [5.41, 5.74) is 1.02. The lowest BCUT2D eigenvalue weighted by atomic mass is 10.1. The van der Waals surface area contributed by atoms with E-state index in [1.165, 1.54) is 6.07 Å². The summed E-state index contributed by atoms with van der Waals surface area (Å²) in [4.78, 5) is 1.10. The molecular formula is C20H28FNO2S. The van der Waals surface area contributed by atoms with Crippen LogP contribution in [-0.2, 0) is 0 Å². The van der Waals surface area contributed by atoms with Gasteiger partial charge in [0.05, 0.1) is 13.2 Å². The fourth-order valence-corrected chi connectivity index (χ4v) is 3.34. The number of hydrogen-bond acceptors (Lipinski definition) is 4. The number of benzene rings is 2. The highest BCUT2D eigenvalue weighted by atomic mass is 32.2. The van der Waals surface area contributed by atoms with Gasteiger partial charge >= 0.3 is 0 Å². The molecule has 138 valence electrons. The van der Waals surface area contributed by atoms with Gasteiger partial charge in [0.1, 0.15) is 11.6 Å². The Kier molecular flexibility index (Phi) is 11.0. The molecule has 0 amide bonds. The zero-order valence-corrected chi connectivity index (χ0v) is 16.0. The minimum atomic E-state index is -0.181. The average Bonchev–Trinajstić information content (AvgIpc) is 2.62. The van der Waals surface area contributed by atoms with E-state index in [1.807, 2.05) is 31.2 Å². The summed E-state index contributed by atoms with van der Waals surface area (Å²) in [5.74, 6) is 0.717. The second-order valence-electron chi connectivity index (χ2n) is 5.28. The molecule has 5 heteroatoms. The number of aliphatic hydroxyl groups is 1. The maximum atomic E-state index is 13.4. The zero-order valence-electron chi connectivity index (χ0n) is 15.2. The number of nitrogens with one attached hydrogen (secondary N) is 1. The van der Waals surface area contributed by atoms with Crippen molar-refractivity contribution in [3.63, 3.8) is 0 Å². The first-order valence-corrected chi connectivity index (χ1v) is 9.43. The summed E-state index contributed by atoms with van der Waals surface area (Å²) in [6.07, 6.45) is 0.939. The van der Waals surface area contributed by atoms with Crippen molar-refractivity contribution >= 4 is 11.8 Å². The Morgan fingerprint density at radius 2 is 1.92 bits per heavy atom. The number of para-hydroxylation sites is 1. The van der Waals surface area contributed by atoms with Crippen molar-refractivity contribution in [2.45, 2.75) is 30.4 Å². The van der Waals surface area contributed by atoms with Crippen LogP contribution in [0.4, 0.5) is 4.39 Å². The van der Waals surface area contributed by atoms with E-state index in [4.69, 9.17) is 9.84 Å². The molecule has 2 N–H and O–H groups in total. The Bertz CT molecular complexity index is 608. The van der Waals surface area contributed by atoms with E-state index in [0.29, 0.717) is 13.2 Å². The third-order valence-corrected chi connectivity index (χ3v) is 4.85. The first-order valence-electron chi connectivity index (χ1n) is 8.55. The lowest BCUT2D eigenvalue weighted by Crippen LogP contribution is -2.10. The molecule has 2 aromatic rings. The smallest absolute Gasteiger partial charge is 0.132 e. The molecule has 0 aromatic heterocycles. The van der Waals surface area contributed by atoms with Gasteiger partial charge in [0.2, 0.25) is 0 Å². The van der Waals surface area contributed by atoms with E-state index in [0.717, 1.165) is 22.6 Å². The lowest BCUT2D eigenvalue weighted by Gasteiger charge is -2.17. The molecule has 25 heavy (non-hydrogen) atoms. The Morgan fingerprint density at radius 3 is 2.48 bits per heavy atom. The first kappa shape index (κ1) is 21.5. The Labute approximate surface area is 154 Å². The molecule has 0 aliphatic heterocycles. The number of hydrogen-bond donors (Lipinski definition) is 2. The summed E-state index contributed by atoms with van der Waals surface area (Å²) in [5, 5.41) is 11.0. The molecule has 0 spiro atoms. The summed E-state index contributed by atoms with van der Waals surface area (Å²) >= 11 is 1.73. The number of ether oxygens (including phenoxy) is 1. The Balaban J connectivity index is 0.000000550. The van der Waals surface area contributed by atoms with Crippen molar-refractivity contribution in [3.05, 3.63) is 59.9 Å². The van der Waals surface area contributed by atoms with Crippen molar-refractivity contribution in [1.82, 2.24) is 5.32 Å². The molecule has 0 aliphatic rings. The molecule has 0 aliphatic carbocycles. The highest BCUT2D eigenvalue weighted by molar-refractivity contribution is 7.99. The highest BCUT2D eigenvalue weighted by Gasteiger charge is 2.14. The Morgan fingerprint density at radius 1 is 1.16 bits per heavy atom. The van der Waals surface area contributed by atoms with Crippen LogP contribution in [0.5, 0.6) is 5.75 Å². The standard InChI is InChI=1S/C17H19FOS.C3H9NO/c1-3-16(13-8-7-9-14(18)12-13)20-17-11-6-5-10-15(17)19-4-2;1-4-2-3-5/h5-12,16H,3-4H2,1-2H3;4-5H,2-3H2,1H3. The van der Waals surface area contributed by atoms with Gasteiger partial charge in [0, 0.05) is 16.7 Å². The maximum Gasteiger partial charge on any atom is 0.132 e. The Hall–Kier alpha value is -1.56. The molecule has 2 aromatic carbocycles. The molecule has 0 saturated carbocycles. The van der Waals surface area contributed by atoms with Crippen LogP contribution in [0.3, 0.4) is 0 Å². The van der Waals surface area contributed by atoms with Gasteiger partial charge < -0.3 is 15.2 Å². The first-order chi connectivity index (χ1) is 12.2. The molecule has 1 atom stereocenters. The van der Waals surface area contributed by atoms with Gasteiger partial charge in [-0.2, -0.15) is 0 Å². The highest BCUT2D eigenvalue weighted by Crippen LogP contribution is 2.41. The van der Waals surface area contributed by atoms with E-state index in [-0.39, 0.29) is 17.7 Å². The summed E-state index contributed by atoms with van der Waals surface area (Å²) < 4.78 is 19.0. The van der Waals surface area contributed by atoms with Gasteiger partial charge in [-0.05, 0) is 50.2 Å². The van der Waals surface area contributed by atoms with Crippen LogP contribution in [0.15, 0.2) is 53.4 Å². The topological polar surface area (TPSA) is 41.5 Å². The summed E-state index contributed by atoms with van der Waals surface area (Å²) in [6, 6.07) is 14.8. The van der Waals surface area contributed by atoms with Crippen LogP contribution in [-0.4, -0.2) is 31.9 Å². The second-order valence-corrected chi connectivity index (χ2v) is 6.52. The lowest BCUT2D eigenvalue weighted by molar-refractivity contribution is 0.296. The average molecular weight is 366 g/mol. The fraction of sp³-hybridized carbons (Fsp3) is 0.400. The quantitative estimate of drug-likeness (QED) is 0.667. The molecular weight excluding hydrogens is 337 g/mol. The van der Waals surface area contributed by atoms with E-state index >= 15 is 0 Å². The predicted octanol–water partition coefficient (Wildman–Crippen LogP) is 4.67. The number of likely N-dealkylation sites (N-methyl/N-ethyl adjacent to an activating group) is 1. The van der Waals surface area contributed by atoms with Crippen molar-refractivity contribution < 1.29 is 14.2 Å². The van der Waals surface area contributed by atoms with Crippen LogP contribution in [0.1, 0.15) is 31.1 Å². The second kappa shape index (κ2) is 12.8. The molecule has 0 fully saturated rings. The van der Waals surface area contributed by atoms with Gasteiger partial charge in [-0.1, -0.05) is 31.2 Å². The SMILES string of the molecule is CCOc1ccccc1SC(CC)c1cccc(F)c1.CNCCO. The number of halogens is 1. The van der Waals surface area contributed by atoms with Crippen LogP contribution in [0.25, 0.3) is 0 Å². The number of rotatable bonds is 8. The predicted molar refractivity (Wildman–Crippen MR) is 104 cm³/mol. The number of thioether (sulfide) groups is 1. The minimum Gasteiger partial charge on any atom is -0.493 e. The molecule has 3 nitrogen and oxygen atoms in total. The molecule has 0 heterocycles. The molecule has 0 radical (unpaired) electrons. The van der Waals surface area contributed by atoms with Gasteiger partial charge in [0.15, 0.2) is 0 Å². The van der Waals surface area contributed by atoms with Crippen molar-refractivity contribution in [3.8, 4) is 5.75 Å². The zero-order chi connectivity index (χ0) is 18.5. The third kappa shape index (κ3) is 7.90. The van der Waals surface area contributed by atoms with Gasteiger partial charge in [-0.15, -0.1) is 11.8 Å². The van der Waals surface area contributed by atoms with Gasteiger partial charge in [0.25, 0.3) is 0 Å². The monoisotopic (exact) mass is 365 g/mol. The maximum absolute atomic E-state index is 13.4.